The minimum Gasteiger partial charge on any atom is -0.488 e. The second-order valence-corrected chi connectivity index (χ2v) is 6.74. The Balaban J connectivity index is 2.04. The highest BCUT2D eigenvalue weighted by atomic mass is 19.4. The van der Waals surface area contributed by atoms with Gasteiger partial charge >= 0.3 is 12.1 Å². The van der Waals surface area contributed by atoms with Gasteiger partial charge < -0.3 is 9.47 Å². The molecule has 0 atom stereocenters. The number of ether oxygens (including phenoxy) is 2. The molecule has 3 aromatic rings. The first-order valence-corrected chi connectivity index (χ1v) is 9.44. The van der Waals surface area contributed by atoms with E-state index in [0.717, 1.165) is 11.1 Å². The number of hydrogen-bond donors (Lipinski definition) is 0. The van der Waals surface area contributed by atoms with Crippen molar-refractivity contribution in [3.63, 3.8) is 0 Å². The predicted octanol–water partition coefficient (Wildman–Crippen LogP) is 6.06. The Kier molecular flexibility index (Phi) is 6.77. The van der Waals surface area contributed by atoms with Crippen molar-refractivity contribution in [3.05, 3.63) is 89.5 Å². The maximum absolute atomic E-state index is 14.0. The second kappa shape index (κ2) is 9.48. The summed E-state index contributed by atoms with van der Waals surface area (Å²) in [7, 11) is 0. The van der Waals surface area contributed by atoms with Crippen LogP contribution in [-0.2, 0) is 28.7 Å². The summed E-state index contributed by atoms with van der Waals surface area (Å²) in [5, 5.41) is 0. The van der Waals surface area contributed by atoms with Crippen molar-refractivity contribution in [2.75, 3.05) is 6.61 Å². The lowest BCUT2D eigenvalue weighted by molar-refractivity contribution is -0.141. The molecule has 6 heteroatoms. The molecule has 0 aliphatic heterocycles. The third-order valence-electron chi connectivity index (χ3n) is 4.49. The van der Waals surface area contributed by atoms with E-state index < -0.39 is 17.7 Å². The summed E-state index contributed by atoms with van der Waals surface area (Å²) in [5.41, 5.74) is 1.31. The first kappa shape index (κ1) is 21.4. The summed E-state index contributed by atoms with van der Waals surface area (Å²) in [6, 6.07) is 21.0. The van der Waals surface area contributed by atoms with Gasteiger partial charge in [-0.1, -0.05) is 66.7 Å². The fourth-order valence-corrected chi connectivity index (χ4v) is 3.14. The SMILES string of the molecule is CC(=O)OCCc1cc(-c2ccccc2)cc(OCc2ccccc2)c1C(F)(F)F. The van der Waals surface area contributed by atoms with Gasteiger partial charge in [-0.25, -0.2) is 0 Å². The fourth-order valence-electron chi connectivity index (χ4n) is 3.14. The molecule has 3 aromatic carbocycles. The van der Waals surface area contributed by atoms with E-state index in [1.54, 1.807) is 24.3 Å². The molecule has 3 nitrogen and oxygen atoms in total. The third kappa shape index (κ3) is 5.63. The molecule has 0 bridgehead atoms. The molecule has 30 heavy (non-hydrogen) atoms. The molecule has 3 rings (SSSR count). The second-order valence-electron chi connectivity index (χ2n) is 6.74. The lowest BCUT2D eigenvalue weighted by Crippen LogP contribution is -2.15. The average molecular weight is 414 g/mol. The van der Waals surface area contributed by atoms with Gasteiger partial charge in [-0.2, -0.15) is 13.2 Å². The number of esters is 1. The number of alkyl halides is 3. The summed E-state index contributed by atoms with van der Waals surface area (Å²) in [6.07, 6.45) is -4.69. The number of carbonyl (C=O) groups excluding carboxylic acids is 1. The van der Waals surface area contributed by atoms with Gasteiger partial charge in [-0.3, -0.25) is 4.79 Å². The normalized spacial score (nSPS) is 11.2. The first-order chi connectivity index (χ1) is 14.3. The highest BCUT2D eigenvalue weighted by Crippen LogP contribution is 2.42. The maximum Gasteiger partial charge on any atom is 0.420 e. The zero-order valence-electron chi connectivity index (χ0n) is 16.4. The molecule has 0 saturated carbocycles. The highest BCUT2D eigenvalue weighted by molar-refractivity contribution is 5.68. The van der Waals surface area contributed by atoms with E-state index in [-0.39, 0.29) is 30.9 Å². The van der Waals surface area contributed by atoms with Crippen molar-refractivity contribution in [1.82, 2.24) is 0 Å². The molecule has 0 aliphatic carbocycles. The van der Waals surface area contributed by atoms with Gasteiger partial charge in [0.25, 0.3) is 0 Å². The number of halogens is 3. The van der Waals surface area contributed by atoms with Crippen LogP contribution < -0.4 is 4.74 Å². The summed E-state index contributed by atoms with van der Waals surface area (Å²) in [5.74, 6) is -0.783. The van der Waals surface area contributed by atoms with E-state index in [9.17, 15) is 18.0 Å². The molecule has 0 fully saturated rings. The summed E-state index contributed by atoms with van der Waals surface area (Å²) in [4.78, 5) is 11.1. The van der Waals surface area contributed by atoms with Gasteiger partial charge in [0.2, 0.25) is 0 Å². The molecular formula is C24H21F3O3. The van der Waals surface area contributed by atoms with Crippen molar-refractivity contribution in [2.45, 2.75) is 26.1 Å². The molecule has 0 aromatic heterocycles. The molecule has 0 radical (unpaired) electrons. The average Bonchev–Trinajstić information content (AvgIpc) is 2.72. The summed E-state index contributed by atoms with van der Waals surface area (Å²) in [6.45, 7) is 1.08. The Morgan fingerprint density at radius 1 is 0.900 bits per heavy atom. The summed E-state index contributed by atoms with van der Waals surface area (Å²) < 4.78 is 52.4. The van der Waals surface area contributed by atoms with Gasteiger partial charge in [0.1, 0.15) is 17.9 Å². The Morgan fingerprint density at radius 2 is 1.53 bits per heavy atom. The number of carbonyl (C=O) groups is 1. The Bertz CT molecular complexity index is 984. The highest BCUT2D eigenvalue weighted by Gasteiger charge is 2.37. The number of hydrogen-bond acceptors (Lipinski definition) is 3. The van der Waals surface area contributed by atoms with Crippen LogP contribution in [0.4, 0.5) is 13.2 Å². The van der Waals surface area contributed by atoms with Crippen molar-refractivity contribution in [1.29, 1.82) is 0 Å². The number of benzene rings is 3. The van der Waals surface area contributed by atoms with Crippen LogP contribution in [-0.4, -0.2) is 12.6 Å². The summed E-state index contributed by atoms with van der Waals surface area (Å²) >= 11 is 0. The van der Waals surface area contributed by atoms with Crippen molar-refractivity contribution >= 4 is 5.97 Å². The van der Waals surface area contributed by atoms with Gasteiger partial charge in [0, 0.05) is 13.3 Å². The van der Waals surface area contributed by atoms with E-state index in [0.29, 0.717) is 5.56 Å². The number of rotatable bonds is 7. The van der Waals surface area contributed by atoms with Crippen molar-refractivity contribution in [3.8, 4) is 16.9 Å². The van der Waals surface area contributed by atoms with E-state index >= 15 is 0 Å². The van der Waals surface area contributed by atoms with Crippen LogP contribution in [0.1, 0.15) is 23.6 Å². The monoisotopic (exact) mass is 414 g/mol. The van der Waals surface area contributed by atoms with Crippen molar-refractivity contribution < 1.29 is 27.4 Å². The lowest BCUT2D eigenvalue weighted by atomic mass is 9.96. The minimum absolute atomic E-state index is 0.00550. The first-order valence-electron chi connectivity index (χ1n) is 9.44. The molecule has 0 heterocycles. The van der Waals surface area contributed by atoms with Crippen LogP contribution in [0.5, 0.6) is 5.75 Å². The molecule has 0 spiro atoms. The van der Waals surface area contributed by atoms with Crippen LogP contribution >= 0.6 is 0 Å². The molecule has 156 valence electrons. The molecular weight excluding hydrogens is 393 g/mol. The topological polar surface area (TPSA) is 35.5 Å². The largest absolute Gasteiger partial charge is 0.488 e. The zero-order valence-corrected chi connectivity index (χ0v) is 16.4. The van der Waals surface area contributed by atoms with Gasteiger partial charge in [-0.05, 0) is 28.3 Å². The maximum atomic E-state index is 14.0. The molecule has 0 amide bonds. The van der Waals surface area contributed by atoms with Crippen LogP contribution in [0.2, 0.25) is 0 Å². The Hall–Kier alpha value is -3.28. The molecule has 0 aliphatic rings. The van der Waals surface area contributed by atoms with Crippen LogP contribution in [0.25, 0.3) is 11.1 Å². The van der Waals surface area contributed by atoms with E-state index in [1.165, 1.54) is 19.1 Å². The van der Waals surface area contributed by atoms with Gasteiger partial charge in [-0.15, -0.1) is 0 Å². The quantitative estimate of drug-likeness (QED) is 0.441. The standard InChI is InChI=1S/C24H21F3O3/c1-17(28)29-13-12-20-14-21(19-10-6-3-7-11-19)15-22(23(20)24(25,26)27)30-16-18-8-4-2-5-9-18/h2-11,14-15H,12-13,16H2,1H3. The van der Waals surface area contributed by atoms with E-state index in [2.05, 4.69) is 0 Å². The van der Waals surface area contributed by atoms with Crippen molar-refractivity contribution in [2.24, 2.45) is 0 Å². The molecule has 0 N–H and O–H groups in total. The van der Waals surface area contributed by atoms with Crippen LogP contribution in [0.15, 0.2) is 72.8 Å². The Labute approximate surface area is 173 Å². The minimum atomic E-state index is -4.62. The molecule has 0 saturated heterocycles. The van der Waals surface area contributed by atoms with Crippen LogP contribution in [0, 0.1) is 0 Å². The van der Waals surface area contributed by atoms with Crippen LogP contribution in [0.3, 0.4) is 0 Å². The lowest BCUT2D eigenvalue weighted by Gasteiger charge is -2.20. The third-order valence-corrected chi connectivity index (χ3v) is 4.49. The zero-order chi connectivity index (χ0) is 21.6. The fraction of sp³-hybridized carbons (Fsp3) is 0.208. The molecule has 0 unspecified atom stereocenters. The van der Waals surface area contributed by atoms with Gasteiger partial charge in [0.05, 0.1) is 6.61 Å². The Morgan fingerprint density at radius 3 is 2.13 bits per heavy atom. The van der Waals surface area contributed by atoms with Gasteiger partial charge in [0.15, 0.2) is 0 Å². The van der Waals surface area contributed by atoms with E-state index in [1.807, 2.05) is 36.4 Å². The smallest absolute Gasteiger partial charge is 0.420 e. The predicted molar refractivity (Wildman–Crippen MR) is 108 cm³/mol. The van der Waals surface area contributed by atoms with E-state index in [4.69, 9.17) is 9.47 Å².